The topological polar surface area (TPSA) is 38.9 Å². The van der Waals surface area contributed by atoms with Crippen molar-refractivity contribution in [3.05, 3.63) is 72.1 Å². The normalized spacial score (nSPS) is 12.3. The van der Waals surface area contributed by atoms with E-state index in [0.29, 0.717) is 11.7 Å². The summed E-state index contributed by atoms with van der Waals surface area (Å²) in [7, 11) is 0. The van der Waals surface area contributed by atoms with Crippen molar-refractivity contribution in [2.75, 3.05) is 0 Å². The predicted octanol–water partition coefficient (Wildman–Crippen LogP) is 4.06. The molecule has 0 aliphatic carbocycles. The van der Waals surface area contributed by atoms with Crippen LogP contribution in [0.2, 0.25) is 0 Å². The number of aromatic nitrogens is 2. The minimum absolute atomic E-state index is 0.409. The summed E-state index contributed by atoms with van der Waals surface area (Å²) >= 11 is 6.34. The Hall–Kier alpha value is -2.13. The van der Waals surface area contributed by atoms with Crippen LogP contribution in [0, 0.1) is 0 Å². The molecule has 0 spiro atoms. The van der Waals surface area contributed by atoms with E-state index >= 15 is 0 Å². The van der Waals surface area contributed by atoms with Gasteiger partial charge in [-0.05, 0) is 5.56 Å². The maximum absolute atomic E-state index is 6.34. The molecule has 0 saturated heterocycles. The van der Waals surface area contributed by atoms with Crippen LogP contribution in [0.1, 0.15) is 16.8 Å². The Morgan fingerprint density at radius 2 is 1.53 bits per heavy atom. The minimum Gasteiger partial charge on any atom is -0.337 e. The highest BCUT2D eigenvalue weighted by molar-refractivity contribution is 6.22. The van der Waals surface area contributed by atoms with Crippen LogP contribution < -0.4 is 0 Å². The van der Waals surface area contributed by atoms with Gasteiger partial charge in [0.2, 0.25) is 11.7 Å². The van der Waals surface area contributed by atoms with Gasteiger partial charge in [0, 0.05) is 5.56 Å². The van der Waals surface area contributed by atoms with Crippen LogP contribution in [-0.2, 0) is 0 Å². The van der Waals surface area contributed by atoms with Gasteiger partial charge in [0.15, 0.2) is 0 Å². The zero-order valence-corrected chi connectivity index (χ0v) is 10.8. The Bertz CT molecular complexity index is 652. The summed E-state index contributed by atoms with van der Waals surface area (Å²) in [5.41, 5.74) is 1.85. The van der Waals surface area contributed by atoms with E-state index in [0.717, 1.165) is 11.1 Å². The molecule has 4 heteroatoms. The lowest BCUT2D eigenvalue weighted by molar-refractivity contribution is 0.383. The molecule has 94 valence electrons. The lowest BCUT2D eigenvalue weighted by Crippen LogP contribution is -1.93. The van der Waals surface area contributed by atoms with Gasteiger partial charge in [-0.2, -0.15) is 4.98 Å². The largest absolute Gasteiger partial charge is 0.337 e. The molecule has 3 aromatic rings. The average molecular weight is 271 g/mol. The highest BCUT2D eigenvalue weighted by Crippen LogP contribution is 2.28. The van der Waals surface area contributed by atoms with Crippen LogP contribution in [-0.4, -0.2) is 10.1 Å². The number of benzene rings is 2. The van der Waals surface area contributed by atoms with Crippen molar-refractivity contribution in [3.63, 3.8) is 0 Å². The summed E-state index contributed by atoms with van der Waals surface area (Å²) in [6.07, 6.45) is 0. The fourth-order valence-corrected chi connectivity index (χ4v) is 2.04. The molecule has 1 aromatic heterocycles. The van der Waals surface area contributed by atoms with Gasteiger partial charge in [-0.3, -0.25) is 0 Å². The summed E-state index contributed by atoms with van der Waals surface area (Å²) in [5, 5.41) is 3.54. The van der Waals surface area contributed by atoms with E-state index in [4.69, 9.17) is 16.1 Å². The van der Waals surface area contributed by atoms with Crippen molar-refractivity contribution in [3.8, 4) is 11.4 Å². The molecule has 3 nitrogen and oxygen atoms in total. The van der Waals surface area contributed by atoms with Crippen LogP contribution in [0.5, 0.6) is 0 Å². The van der Waals surface area contributed by atoms with Crippen molar-refractivity contribution in [1.29, 1.82) is 0 Å². The summed E-state index contributed by atoms with van der Waals surface area (Å²) in [6, 6.07) is 19.3. The molecule has 1 heterocycles. The second kappa shape index (κ2) is 5.24. The van der Waals surface area contributed by atoms with Gasteiger partial charge in [-0.25, -0.2) is 0 Å². The number of halogens is 1. The Balaban J connectivity index is 1.90. The van der Waals surface area contributed by atoms with E-state index in [1.54, 1.807) is 0 Å². The standard InChI is InChI=1S/C15H11ClN2O/c16-13(11-7-3-1-4-8-11)15-17-14(18-19-15)12-9-5-2-6-10-12/h1-10,13H/t13-/m1/s1. The van der Waals surface area contributed by atoms with E-state index in [9.17, 15) is 0 Å². The molecule has 0 radical (unpaired) electrons. The van der Waals surface area contributed by atoms with Crippen molar-refractivity contribution >= 4 is 11.6 Å². The Labute approximate surface area is 115 Å². The maximum Gasteiger partial charge on any atom is 0.249 e. The lowest BCUT2D eigenvalue weighted by atomic mass is 10.1. The number of hydrogen-bond donors (Lipinski definition) is 0. The number of nitrogens with zero attached hydrogens (tertiary/aromatic N) is 2. The van der Waals surface area contributed by atoms with Gasteiger partial charge < -0.3 is 4.52 Å². The van der Waals surface area contributed by atoms with Crippen LogP contribution in [0.4, 0.5) is 0 Å². The van der Waals surface area contributed by atoms with Gasteiger partial charge >= 0.3 is 0 Å². The Morgan fingerprint density at radius 1 is 0.895 bits per heavy atom. The van der Waals surface area contributed by atoms with Gasteiger partial charge in [0.1, 0.15) is 5.38 Å². The minimum atomic E-state index is -0.425. The number of rotatable bonds is 3. The molecule has 0 bridgehead atoms. The first-order chi connectivity index (χ1) is 9.34. The molecule has 0 fully saturated rings. The molecule has 0 unspecified atom stereocenters. The molecule has 19 heavy (non-hydrogen) atoms. The maximum atomic E-state index is 6.34. The van der Waals surface area contributed by atoms with Crippen LogP contribution in [0.3, 0.4) is 0 Å². The monoisotopic (exact) mass is 270 g/mol. The van der Waals surface area contributed by atoms with Crippen molar-refractivity contribution in [2.24, 2.45) is 0 Å². The SMILES string of the molecule is Cl[C@H](c1ccccc1)c1nc(-c2ccccc2)no1. The van der Waals surface area contributed by atoms with Crippen LogP contribution >= 0.6 is 11.6 Å². The third-order valence-electron chi connectivity index (χ3n) is 2.78. The molecule has 0 saturated carbocycles. The van der Waals surface area contributed by atoms with Crippen molar-refractivity contribution < 1.29 is 4.52 Å². The molecule has 0 aliphatic rings. The third kappa shape index (κ3) is 2.51. The second-order valence-corrected chi connectivity index (χ2v) is 4.53. The predicted molar refractivity (Wildman–Crippen MR) is 73.9 cm³/mol. The van der Waals surface area contributed by atoms with E-state index in [1.165, 1.54) is 0 Å². The first-order valence-corrected chi connectivity index (χ1v) is 6.36. The summed E-state index contributed by atoms with van der Waals surface area (Å²) < 4.78 is 5.24. The zero-order valence-electron chi connectivity index (χ0n) is 10.0. The summed E-state index contributed by atoms with van der Waals surface area (Å²) in [5.74, 6) is 0.962. The molecular weight excluding hydrogens is 260 g/mol. The first-order valence-electron chi connectivity index (χ1n) is 5.92. The number of hydrogen-bond acceptors (Lipinski definition) is 3. The summed E-state index contributed by atoms with van der Waals surface area (Å²) in [6.45, 7) is 0. The fraction of sp³-hybridized carbons (Fsp3) is 0.0667. The second-order valence-electron chi connectivity index (χ2n) is 4.10. The van der Waals surface area contributed by atoms with Crippen molar-refractivity contribution in [2.45, 2.75) is 5.38 Å². The van der Waals surface area contributed by atoms with E-state index in [1.807, 2.05) is 60.7 Å². The van der Waals surface area contributed by atoms with Gasteiger partial charge in [0.05, 0.1) is 0 Å². The molecular formula is C15H11ClN2O. The average Bonchev–Trinajstić information content (AvgIpc) is 2.98. The smallest absolute Gasteiger partial charge is 0.249 e. The number of alkyl halides is 1. The molecule has 1 atom stereocenters. The fourth-order valence-electron chi connectivity index (χ4n) is 1.81. The first kappa shape index (κ1) is 11.9. The zero-order chi connectivity index (χ0) is 13.1. The lowest BCUT2D eigenvalue weighted by Gasteiger charge is -2.03. The quantitative estimate of drug-likeness (QED) is 0.674. The molecule has 0 amide bonds. The van der Waals surface area contributed by atoms with E-state index in [2.05, 4.69) is 10.1 Å². The van der Waals surface area contributed by atoms with Gasteiger partial charge in [0.25, 0.3) is 0 Å². The van der Waals surface area contributed by atoms with Crippen LogP contribution in [0.25, 0.3) is 11.4 Å². The Morgan fingerprint density at radius 3 is 2.21 bits per heavy atom. The van der Waals surface area contributed by atoms with E-state index in [-0.39, 0.29) is 0 Å². The Kier molecular flexibility index (Phi) is 3.29. The van der Waals surface area contributed by atoms with Crippen LogP contribution in [0.15, 0.2) is 65.2 Å². The van der Waals surface area contributed by atoms with E-state index < -0.39 is 5.38 Å². The summed E-state index contributed by atoms with van der Waals surface area (Å²) in [4.78, 5) is 4.35. The molecule has 0 aliphatic heterocycles. The molecule has 3 rings (SSSR count). The van der Waals surface area contributed by atoms with Gasteiger partial charge in [-0.15, -0.1) is 11.6 Å². The van der Waals surface area contributed by atoms with Gasteiger partial charge in [-0.1, -0.05) is 65.8 Å². The van der Waals surface area contributed by atoms with Crippen molar-refractivity contribution in [1.82, 2.24) is 10.1 Å². The molecule has 0 N–H and O–H groups in total. The highest BCUT2D eigenvalue weighted by atomic mass is 35.5. The molecule has 2 aromatic carbocycles. The highest BCUT2D eigenvalue weighted by Gasteiger charge is 2.18. The third-order valence-corrected chi connectivity index (χ3v) is 3.22.